The first-order valence-electron chi connectivity index (χ1n) is 4.42. The third kappa shape index (κ3) is 2.75. The van der Waals surface area contributed by atoms with Crippen molar-refractivity contribution in [3.8, 4) is 0 Å². The molecule has 0 fully saturated rings. The third-order valence-electron chi connectivity index (χ3n) is 1.97. The number of aliphatic hydroxyl groups excluding tert-OH is 1. The smallest absolute Gasteiger partial charge is 0.101 e. The molecule has 0 radical (unpaired) electrons. The molecule has 0 bridgehead atoms. The van der Waals surface area contributed by atoms with Gasteiger partial charge < -0.3 is 5.11 Å². The van der Waals surface area contributed by atoms with Crippen LogP contribution in [0.1, 0.15) is 16.7 Å². The Morgan fingerprint density at radius 1 is 1.40 bits per heavy atom. The van der Waals surface area contributed by atoms with Crippen LogP contribution in [0.15, 0.2) is 30.0 Å². The molecular formula is C10H9ClN2OS. The average molecular weight is 241 g/mol. The summed E-state index contributed by atoms with van der Waals surface area (Å²) in [4.78, 5) is 9.05. The van der Waals surface area contributed by atoms with Gasteiger partial charge in [0.1, 0.15) is 6.10 Å². The monoisotopic (exact) mass is 240 g/mol. The summed E-state index contributed by atoms with van der Waals surface area (Å²) in [6.07, 6.45) is 3.23. The van der Waals surface area contributed by atoms with Crippen LogP contribution in [0, 0.1) is 0 Å². The highest BCUT2D eigenvalue weighted by molar-refractivity contribution is 7.09. The first-order chi connectivity index (χ1) is 7.25. The van der Waals surface area contributed by atoms with Gasteiger partial charge in [0.15, 0.2) is 0 Å². The van der Waals surface area contributed by atoms with E-state index in [1.807, 2.05) is 0 Å². The standard InChI is InChI=1S/C10H9ClN2OS/c11-7-1-2-9(13-4-7)10(14)3-8-5-12-6-15-8/h1-2,4-6,10,14H,3H2. The van der Waals surface area contributed by atoms with E-state index in [1.165, 1.54) is 17.5 Å². The van der Waals surface area contributed by atoms with Crippen LogP contribution in [-0.2, 0) is 6.42 Å². The Labute approximate surface area is 96.4 Å². The molecule has 0 saturated carbocycles. The van der Waals surface area contributed by atoms with Crippen molar-refractivity contribution in [3.05, 3.63) is 45.6 Å². The molecule has 0 spiro atoms. The maximum absolute atomic E-state index is 9.86. The molecule has 0 aromatic carbocycles. The summed E-state index contributed by atoms with van der Waals surface area (Å²) in [5.41, 5.74) is 2.38. The first-order valence-corrected chi connectivity index (χ1v) is 5.68. The Bertz CT molecular complexity index is 415. The molecule has 78 valence electrons. The van der Waals surface area contributed by atoms with Crippen LogP contribution < -0.4 is 0 Å². The number of aliphatic hydroxyl groups is 1. The highest BCUT2D eigenvalue weighted by Gasteiger charge is 2.10. The summed E-state index contributed by atoms with van der Waals surface area (Å²) in [6, 6.07) is 3.45. The van der Waals surface area contributed by atoms with Gasteiger partial charge in [-0.15, -0.1) is 11.3 Å². The van der Waals surface area contributed by atoms with Crippen molar-refractivity contribution < 1.29 is 5.11 Å². The molecular weight excluding hydrogens is 232 g/mol. The Morgan fingerprint density at radius 3 is 2.87 bits per heavy atom. The molecule has 5 heteroatoms. The van der Waals surface area contributed by atoms with E-state index in [-0.39, 0.29) is 0 Å². The van der Waals surface area contributed by atoms with Crippen molar-refractivity contribution in [1.29, 1.82) is 0 Å². The predicted molar refractivity (Wildman–Crippen MR) is 60.0 cm³/mol. The van der Waals surface area contributed by atoms with E-state index >= 15 is 0 Å². The zero-order valence-electron chi connectivity index (χ0n) is 7.80. The van der Waals surface area contributed by atoms with Crippen LogP contribution in [0.5, 0.6) is 0 Å². The molecule has 0 amide bonds. The summed E-state index contributed by atoms with van der Waals surface area (Å²) < 4.78 is 0. The van der Waals surface area contributed by atoms with Gasteiger partial charge in [-0.3, -0.25) is 9.97 Å². The van der Waals surface area contributed by atoms with Gasteiger partial charge in [0.25, 0.3) is 0 Å². The number of hydrogen-bond acceptors (Lipinski definition) is 4. The minimum atomic E-state index is -0.595. The van der Waals surface area contributed by atoms with Gasteiger partial charge >= 0.3 is 0 Å². The molecule has 2 heterocycles. The highest BCUT2D eigenvalue weighted by atomic mass is 35.5. The molecule has 2 aromatic rings. The van der Waals surface area contributed by atoms with Gasteiger partial charge in [-0.05, 0) is 12.1 Å². The molecule has 1 unspecified atom stereocenters. The number of thiazole rings is 1. The predicted octanol–water partition coefficient (Wildman–Crippen LogP) is 2.47. The largest absolute Gasteiger partial charge is 0.386 e. The summed E-state index contributed by atoms with van der Waals surface area (Å²) >= 11 is 7.23. The lowest BCUT2D eigenvalue weighted by atomic mass is 10.1. The summed E-state index contributed by atoms with van der Waals surface area (Å²) in [5, 5.41) is 10.4. The number of rotatable bonds is 3. The van der Waals surface area contributed by atoms with Gasteiger partial charge in [-0.1, -0.05) is 11.6 Å². The van der Waals surface area contributed by atoms with Crippen molar-refractivity contribution in [2.45, 2.75) is 12.5 Å². The van der Waals surface area contributed by atoms with Gasteiger partial charge in [0, 0.05) is 23.7 Å². The lowest BCUT2D eigenvalue weighted by molar-refractivity contribution is 0.174. The Hall–Kier alpha value is -0.970. The van der Waals surface area contributed by atoms with Crippen LogP contribution in [0.4, 0.5) is 0 Å². The van der Waals surface area contributed by atoms with Crippen molar-refractivity contribution in [1.82, 2.24) is 9.97 Å². The van der Waals surface area contributed by atoms with E-state index in [0.717, 1.165) is 4.88 Å². The van der Waals surface area contributed by atoms with Gasteiger partial charge in [-0.2, -0.15) is 0 Å². The zero-order valence-corrected chi connectivity index (χ0v) is 9.37. The zero-order chi connectivity index (χ0) is 10.7. The van der Waals surface area contributed by atoms with Gasteiger partial charge in [-0.25, -0.2) is 0 Å². The van der Waals surface area contributed by atoms with Gasteiger partial charge in [0.2, 0.25) is 0 Å². The van der Waals surface area contributed by atoms with Gasteiger partial charge in [0.05, 0.1) is 16.2 Å². The Kier molecular flexibility index (Phi) is 3.30. The van der Waals surface area contributed by atoms with Crippen molar-refractivity contribution in [2.24, 2.45) is 0 Å². The molecule has 2 rings (SSSR count). The molecule has 15 heavy (non-hydrogen) atoms. The second-order valence-corrected chi connectivity index (χ2v) is 4.50. The number of halogens is 1. The summed E-state index contributed by atoms with van der Waals surface area (Å²) in [6.45, 7) is 0. The van der Waals surface area contributed by atoms with Crippen molar-refractivity contribution in [2.75, 3.05) is 0 Å². The van der Waals surface area contributed by atoms with Crippen molar-refractivity contribution >= 4 is 22.9 Å². The Morgan fingerprint density at radius 2 is 2.27 bits per heavy atom. The minimum Gasteiger partial charge on any atom is -0.386 e. The average Bonchev–Trinajstić information content (AvgIpc) is 2.71. The normalized spacial score (nSPS) is 12.7. The van der Waals surface area contributed by atoms with Crippen LogP contribution in [0.2, 0.25) is 5.02 Å². The molecule has 0 aliphatic heterocycles. The van der Waals surface area contributed by atoms with Crippen LogP contribution in [0.3, 0.4) is 0 Å². The first kappa shape index (κ1) is 10.5. The second-order valence-electron chi connectivity index (χ2n) is 3.09. The number of nitrogens with zero attached hydrogens (tertiary/aromatic N) is 2. The topological polar surface area (TPSA) is 46.0 Å². The van der Waals surface area contributed by atoms with Crippen molar-refractivity contribution in [3.63, 3.8) is 0 Å². The maximum atomic E-state index is 9.86. The molecule has 3 nitrogen and oxygen atoms in total. The summed E-state index contributed by atoms with van der Waals surface area (Å²) in [5.74, 6) is 0. The molecule has 1 atom stereocenters. The SMILES string of the molecule is OC(Cc1cncs1)c1ccc(Cl)cn1. The fraction of sp³-hybridized carbons (Fsp3) is 0.200. The quantitative estimate of drug-likeness (QED) is 0.897. The van der Waals surface area contributed by atoms with E-state index in [0.29, 0.717) is 17.1 Å². The van der Waals surface area contributed by atoms with E-state index < -0.39 is 6.10 Å². The number of pyridine rings is 1. The number of hydrogen-bond donors (Lipinski definition) is 1. The molecule has 0 aliphatic carbocycles. The van der Waals surface area contributed by atoms with E-state index in [1.54, 1.807) is 23.8 Å². The van der Waals surface area contributed by atoms with Crippen LogP contribution in [-0.4, -0.2) is 15.1 Å². The molecule has 0 aliphatic rings. The maximum Gasteiger partial charge on any atom is 0.101 e. The minimum absolute atomic E-state index is 0.541. The van der Waals surface area contributed by atoms with Crippen LogP contribution in [0.25, 0.3) is 0 Å². The fourth-order valence-corrected chi connectivity index (χ4v) is 1.97. The lowest BCUT2D eigenvalue weighted by Gasteiger charge is -2.07. The molecule has 0 saturated heterocycles. The van der Waals surface area contributed by atoms with E-state index in [2.05, 4.69) is 9.97 Å². The second kappa shape index (κ2) is 4.70. The molecule has 1 N–H and O–H groups in total. The molecule has 2 aromatic heterocycles. The lowest BCUT2D eigenvalue weighted by Crippen LogP contribution is -2.02. The van der Waals surface area contributed by atoms with E-state index in [4.69, 9.17) is 11.6 Å². The summed E-state index contributed by atoms with van der Waals surface area (Å²) in [7, 11) is 0. The highest BCUT2D eigenvalue weighted by Crippen LogP contribution is 2.19. The number of aromatic nitrogens is 2. The van der Waals surface area contributed by atoms with E-state index in [9.17, 15) is 5.11 Å². The third-order valence-corrected chi connectivity index (χ3v) is 3.00. The van der Waals surface area contributed by atoms with Crippen LogP contribution >= 0.6 is 22.9 Å². The Balaban J connectivity index is 2.08. The fourth-order valence-electron chi connectivity index (χ4n) is 1.22.